The van der Waals surface area contributed by atoms with Crippen LogP contribution in [0.25, 0.3) is 0 Å². The maximum atomic E-state index is 12.8. The lowest BCUT2D eigenvalue weighted by atomic mass is 9.94. The van der Waals surface area contributed by atoms with Gasteiger partial charge in [0.25, 0.3) is 0 Å². The maximum Gasteiger partial charge on any atom is 0.231 e. The molecule has 1 N–H and O–H groups in total. The van der Waals surface area contributed by atoms with Crippen molar-refractivity contribution in [3.8, 4) is 0 Å². The Morgan fingerprint density at radius 1 is 1.16 bits per heavy atom. The fourth-order valence-electron chi connectivity index (χ4n) is 2.98. The molecule has 4 nitrogen and oxygen atoms in total. The van der Waals surface area contributed by atoms with Gasteiger partial charge in [-0.2, -0.15) is 0 Å². The van der Waals surface area contributed by atoms with Gasteiger partial charge in [-0.3, -0.25) is 4.79 Å². The Morgan fingerprint density at radius 3 is 2.32 bits per heavy atom. The van der Waals surface area contributed by atoms with Crippen LogP contribution in [-0.4, -0.2) is 20.6 Å². The highest BCUT2D eigenvalue weighted by atomic mass is 35.5. The normalized spacial score (nSPS) is 16.9. The quantitative estimate of drug-likeness (QED) is 0.864. The molecule has 3 rings (SSSR count). The lowest BCUT2D eigenvalue weighted by molar-refractivity contribution is -0.124. The standard InChI is InChI=1S/C19H20ClNO3S/c1-13(14-6-8-17(9-7-14)25(2,23)24)21-18(22)19(10-11-19)15-4-3-5-16(20)12-15/h3-9,12-13H,10-11H2,1-2H3,(H,21,22). The van der Waals surface area contributed by atoms with Crippen LogP contribution in [0.1, 0.15) is 36.9 Å². The number of carbonyl (C=O) groups excluding carboxylic acids is 1. The highest BCUT2D eigenvalue weighted by Gasteiger charge is 2.51. The summed E-state index contributed by atoms with van der Waals surface area (Å²) >= 11 is 6.06. The average Bonchev–Trinajstić information content (AvgIpc) is 3.36. The van der Waals surface area contributed by atoms with Crippen molar-refractivity contribution < 1.29 is 13.2 Å². The molecule has 0 radical (unpaired) electrons. The molecule has 1 saturated carbocycles. The van der Waals surface area contributed by atoms with E-state index in [1.807, 2.05) is 25.1 Å². The fourth-order valence-corrected chi connectivity index (χ4v) is 3.80. The van der Waals surface area contributed by atoms with E-state index in [9.17, 15) is 13.2 Å². The molecule has 0 aliphatic heterocycles. The molecule has 2 aromatic rings. The highest BCUT2D eigenvalue weighted by Crippen LogP contribution is 2.49. The molecule has 1 aliphatic rings. The Balaban J connectivity index is 1.75. The number of halogens is 1. The van der Waals surface area contributed by atoms with Gasteiger partial charge in [-0.15, -0.1) is 0 Å². The summed E-state index contributed by atoms with van der Waals surface area (Å²) in [7, 11) is -3.22. The van der Waals surface area contributed by atoms with Crippen LogP contribution in [0, 0.1) is 0 Å². The molecule has 2 aromatic carbocycles. The lowest BCUT2D eigenvalue weighted by Gasteiger charge is -2.20. The summed E-state index contributed by atoms with van der Waals surface area (Å²) < 4.78 is 23.1. The molecule has 0 spiro atoms. The lowest BCUT2D eigenvalue weighted by Crippen LogP contribution is -2.36. The van der Waals surface area contributed by atoms with E-state index in [2.05, 4.69) is 5.32 Å². The molecule has 1 unspecified atom stereocenters. The summed E-state index contributed by atoms with van der Waals surface area (Å²) in [6.07, 6.45) is 2.78. The molecular weight excluding hydrogens is 358 g/mol. The van der Waals surface area contributed by atoms with Gasteiger partial charge in [0.1, 0.15) is 0 Å². The third kappa shape index (κ3) is 3.72. The number of sulfone groups is 1. The molecular formula is C19H20ClNO3S. The van der Waals surface area contributed by atoms with E-state index in [0.29, 0.717) is 5.02 Å². The number of rotatable bonds is 5. The summed E-state index contributed by atoms with van der Waals surface area (Å²) in [6.45, 7) is 1.89. The molecule has 0 saturated heterocycles. The SMILES string of the molecule is CC(NC(=O)C1(c2cccc(Cl)c2)CC1)c1ccc(S(C)(=O)=O)cc1. The average molecular weight is 378 g/mol. The summed E-state index contributed by atoms with van der Waals surface area (Å²) in [4.78, 5) is 13.1. The Bertz CT molecular complexity index is 903. The van der Waals surface area contributed by atoms with Gasteiger partial charge in [-0.1, -0.05) is 35.9 Å². The Morgan fingerprint density at radius 2 is 1.80 bits per heavy atom. The maximum absolute atomic E-state index is 12.8. The second-order valence-corrected chi connectivity index (χ2v) is 9.08. The third-order valence-corrected chi connectivity index (χ3v) is 6.08. The minimum absolute atomic E-state index is 0.0190. The first-order valence-electron chi connectivity index (χ1n) is 8.09. The van der Waals surface area contributed by atoms with Crippen molar-refractivity contribution in [1.82, 2.24) is 5.32 Å². The molecule has 1 fully saturated rings. The smallest absolute Gasteiger partial charge is 0.231 e. The molecule has 0 heterocycles. The number of carbonyl (C=O) groups is 1. The zero-order valence-electron chi connectivity index (χ0n) is 14.1. The fraction of sp³-hybridized carbons (Fsp3) is 0.316. The molecule has 1 aliphatic carbocycles. The van der Waals surface area contributed by atoms with Gasteiger partial charge in [0, 0.05) is 11.3 Å². The molecule has 132 valence electrons. The van der Waals surface area contributed by atoms with E-state index < -0.39 is 15.3 Å². The van der Waals surface area contributed by atoms with Crippen LogP contribution < -0.4 is 5.32 Å². The number of nitrogens with one attached hydrogen (secondary N) is 1. The molecule has 0 aromatic heterocycles. The minimum atomic E-state index is -3.22. The molecule has 1 atom stereocenters. The van der Waals surface area contributed by atoms with Gasteiger partial charge in [-0.05, 0) is 55.2 Å². The monoisotopic (exact) mass is 377 g/mol. The van der Waals surface area contributed by atoms with Crippen LogP contribution in [0.15, 0.2) is 53.4 Å². The zero-order valence-corrected chi connectivity index (χ0v) is 15.7. The van der Waals surface area contributed by atoms with Gasteiger partial charge >= 0.3 is 0 Å². The van der Waals surface area contributed by atoms with Crippen molar-refractivity contribution in [1.29, 1.82) is 0 Å². The zero-order chi connectivity index (χ0) is 18.2. The van der Waals surface area contributed by atoms with Crippen LogP contribution in [0.5, 0.6) is 0 Å². The van der Waals surface area contributed by atoms with Crippen molar-refractivity contribution in [3.05, 3.63) is 64.7 Å². The van der Waals surface area contributed by atoms with Crippen molar-refractivity contribution in [2.45, 2.75) is 36.1 Å². The minimum Gasteiger partial charge on any atom is -0.349 e. The van der Waals surface area contributed by atoms with Gasteiger partial charge in [-0.25, -0.2) is 8.42 Å². The predicted molar refractivity (Wildman–Crippen MR) is 98.5 cm³/mol. The summed E-state index contributed by atoms with van der Waals surface area (Å²) in [5.41, 5.74) is 1.31. The van der Waals surface area contributed by atoms with Gasteiger partial charge in [0.15, 0.2) is 9.84 Å². The van der Waals surface area contributed by atoms with Crippen molar-refractivity contribution in [2.75, 3.05) is 6.26 Å². The second kappa shape index (κ2) is 6.46. The first kappa shape index (κ1) is 18.0. The Hall–Kier alpha value is -1.85. The number of amides is 1. The van der Waals surface area contributed by atoms with E-state index in [-0.39, 0.29) is 16.8 Å². The van der Waals surface area contributed by atoms with E-state index >= 15 is 0 Å². The van der Waals surface area contributed by atoms with Crippen molar-refractivity contribution in [3.63, 3.8) is 0 Å². The number of benzene rings is 2. The van der Waals surface area contributed by atoms with E-state index in [1.54, 1.807) is 30.3 Å². The van der Waals surface area contributed by atoms with E-state index in [0.717, 1.165) is 24.0 Å². The molecule has 1 amide bonds. The first-order chi connectivity index (χ1) is 11.7. The molecule has 0 bridgehead atoms. The topological polar surface area (TPSA) is 63.2 Å². The summed E-state index contributed by atoms with van der Waals surface area (Å²) in [5, 5.41) is 3.67. The van der Waals surface area contributed by atoms with Crippen molar-refractivity contribution >= 4 is 27.3 Å². The van der Waals surface area contributed by atoms with Crippen LogP contribution in [-0.2, 0) is 20.0 Å². The predicted octanol–water partition coefficient (Wildman–Crippen LogP) is 3.65. The van der Waals surface area contributed by atoms with Crippen LogP contribution in [0.4, 0.5) is 0 Å². The summed E-state index contributed by atoms with van der Waals surface area (Å²) in [6, 6.07) is 13.8. The van der Waals surface area contributed by atoms with Gasteiger partial charge < -0.3 is 5.32 Å². The van der Waals surface area contributed by atoms with Gasteiger partial charge in [0.05, 0.1) is 16.4 Å². The largest absolute Gasteiger partial charge is 0.349 e. The van der Waals surface area contributed by atoms with Crippen LogP contribution in [0.3, 0.4) is 0 Å². The Labute approximate surface area is 153 Å². The Kier molecular flexibility index (Phi) is 4.64. The highest BCUT2D eigenvalue weighted by molar-refractivity contribution is 7.90. The van der Waals surface area contributed by atoms with E-state index in [1.165, 1.54) is 6.26 Å². The molecule has 25 heavy (non-hydrogen) atoms. The molecule has 6 heteroatoms. The third-order valence-electron chi connectivity index (χ3n) is 4.72. The number of hydrogen-bond donors (Lipinski definition) is 1. The summed E-state index contributed by atoms with van der Waals surface area (Å²) in [5.74, 6) is -0.0190. The first-order valence-corrected chi connectivity index (χ1v) is 10.4. The number of hydrogen-bond acceptors (Lipinski definition) is 3. The van der Waals surface area contributed by atoms with Crippen LogP contribution >= 0.6 is 11.6 Å². The van der Waals surface area contributed by atoms with Crippen molar-refractivity contribution in [2.24, 2.45) is 0 Å². The van der Waals surface area contributed by atoms with E-state index in [4.69, 9.17) is 11.6 Å². The second-order valence-electron chi connectivity index (χ2n) is 6.63. The van der Waals surface area contributed by atoms with Crippen LogP contribution in [0.2, 0.25) is 5.02 Å². The van der Waals surface area contributed by atoms with Gasteiger partial charge in [0.2, 0.25) is 5.91 Å².